The van der Waals surface area contributed by atoms with Gasteiger partial charge in [-0.05, 0) is 60.5 Å². The van der Waals surface area contributed by atoms with E-state index in [9.17, 15) is 4.79 Å². The molecule has 5 heteroatoms. The molecule has 1 saturated carbocycles. The Morgan fingerprint density at radius 3 is 2.52 bits per heavy atom. The molecule has 0 spiro atoms. The number of hydrogen-bond donors (Lipinski definition) is 1. The van der Waals surface area contributed by atoms with Crippen LogP contribution in [-0.2, 0) is 11.2 Å². The summed E-state index contributed by atoms with van der Waals surface area (Å²) < 4.78 is 11.1. The van der Waals surface area contributed by atoms with E-state index < -0.39 is 0 Å². The summed E-state index contributed by atoms with van der Waals surface area (Å²) in [6, 6.07) is 14.3. The van der Waals surface area contributed by atoms with Crippen LogP contribution in [0.2, 0.25) is 0 Å². The molecule has 1 unspecified atom stereocenters. The summed E-state index contributed by atoms with van der Waals surface area (Å²) in [4.78, 5) is 15.7. The minimum Gasteiger partial charge on any atom is -0.493 e. The molecule has 2 aliphatic rings. The third-order valence-corrected chi connectivity index (χ3v) is 6.55. The van der Waals surface area contributed by atoms with Gasteiger partial charge in [0, 0.05) is 12.5 Å². The topological polar surface area (TPSA) is 64.8 Å². The summed E-state index contributed by atoms with van der Waals surface area (Å²) >= 11 is 0. The normalized spacial score (nSPS) is 23.6. The fourth-order valence-corrected chi connectivity index (χ4v) is 5.04. The van der Waals surface area contributed by atoms with Crippen LogP contribution in [0, 0.1) is 11.8 Å². The van der Waals surface area contributed by atoms with Crippen molar-refractivity contribution < 1.29 is 14.3 Å². The number of methoxy groups -OCH3 is 2. The maximum atomic E-state index is 13.7. The number of amides is 1. The van der Waals surface area contributed by atoms with Crippen LogP contribution in [0.4, 0.5) is 0 Å². The first-order valence-corrected chi connectivity index (χ1v) is 10.5. The Morgan fingerprint density at radius 1 is 1.10 bits per heavy atom. The third kappa shape index (κ3) is 3.60. The molecule has 1 amide bonds. The average molecular weight is 395 g/mol. The van der Waals surface area contributed by atoms with Crippen LogP contribution in [-0.4, -0.2) is 38.1 Å². The molecule has 2 N–H and O–H groups in total. The number of nitrogens with zero attached hydrogens (tertiary/aromatic N) is 1. The summed E-state index contributed by atoms with van der Waals surface area (Å²) in [5.74, 6) is 2.00. The molecule has 154 valence electrons. The lowest BCUT2D eigenvalue weighted by Crippen LogP contribution is -2.45. The van der Waals surface area contributed by atoms with Crippen molar-refractivity contribution in [1.29, 1.82) is 0 Å². The van der Waals surface area contributed by atoms with E-state index in [0.29, 0.717) is 24.8 Å². The Labute approximate surface area is 172 Å². The maximum absolute atomic E-state index is 13.7. The van der Waals surface area contributed by atoms with Crippen LogP contribution < -0.4 is 15.2 Å². The zero-order valence-electron chi connectivity index (χ0n) is 17.3. The SMILES string of the molecule is COc1cc2c(cc1OC)C(c1ccccc1)N(C(=O)[C@@H]1CCC[C@@H]1CN)CC2. The van der Waals surface area contributed by atoms with Crippen LogP contribution in [0.25, 0.3) is 0 Å². The predicted octanol–water partition coefficient (Wildman–Crippen LogP) is 3.55. The van der Waals surface area contributed by atoms with Crippen molar-refractivity contribution in [2.75, 3.05) is 27.3 Å². The van der Waals surface area contributed by atoms with Gasteiger partial charge in [-0.15, -0.1) is 0 Å². The zero-order valence-corrected chi connectivity index (χ0v) is 17.3. The summed E-state index contributed by atoms with van der Waals surface area (Å²) in [5, 5.41) is 0. The first kappa shape index (κ1) is 19.8. The second-order valence-corrected chi connectivity index (χ2v) is 8.03. The predicted molar refractivity (Wildman–Crippen MR) is 113 cm³/mol. The van der Waals surface area contributed by atoms with Crippen LogP contribution in [0.1, 0.15) is 42.0 Å². The van der Waals surface area contributed by atoms with Crippen molar-refractivity contribution in [1.82, 2.24) is 4.90 Å². The minimum absolute atomic E-state index is 0.0351. The molecule has 2 aromatic carbocycles. The molecule has 0 aromatic heterocycles. The number of carbonyl (C=O) groups excluding carboxylic acids is 1. The smallest absolute Gasteiger partial charge is 0.226 e. The second kappa shape index (κ2) is 8.46. The average Bonchev–Trinajstić information content (AvgIpc) is 3.26. The Bertz CT molecular complexity index is 868. The number of nitrogens with two attached hydrogens (primary N) is 1. The summed E-state index contributed by atoms with van der Waals surface area (Å²) in [5.41, 5.74) is 9.44. The lowest BCUT2D eigenvalue weighted by Gasteiger charge is -2.40. The number of benzene rings is 2. The highest BCUT2D eigenvalue weighted by Gasteiger charge is 2.40. The molecule has 0 saturated heterocycles. The van der Waals surface area contributed by atoms with Crippen LogP contribution >= 0.6 is 0 Å². The van der Waals surface area contributed by atoms with E-state index in [0.717, 1.165) is 42.6 Å². The lowest BCUT2D eigenvalue weighted by atomic mass is 9.85. The van der Waals surface area contributed by atoms with E-state index in [2.05, 4.69) is 23.1 Å². The molecular weight excluding hydrogens is 364 g/mol. The van der Waals surface area contributed by atoms with Crippen molar-refractivity contribution in [3.8, 4) is 11.5 Å². The van der Waals surface area contributed by atoms with Crippen LogP contribution in [0.5, 0.6) is 11.5 Å². The number of carbonyl (C=O) groups is 1. The quantitative estimate of drug-likeness (QED) is 0.842. The standard InChI is InChI=1S/C24H30N2O3/c1-28-21-13-17-11-12-26(24(27)19-10-6-9-18(19)15-25)23(16-7-4-3-5-8-16)20(17)14-22(21)29-2/h3-5,7-8,13-14,18-19,23H,6,9-12,15,25H2,1-2H3/t18-,19-,23?/m1/s1. The molecule has 1 aliphatic carbocycles. The molecule has 4 rings (SSSR count). The highest BCUT2D eigenvalue weighted by molar-refractivity contribution is 5.81. The monoisotopic (exact) mass is 394 g/mol. The number of fused-ring (bicyclic) bond motifs is 1. The highest BCUT2D eigenvalue weighted by atomic mass is 16.5. The fourth-order valence-electron chi connectivity index (χ4n) is 5.04. The van der Waals surface area contributed by atoms with Gasteiger partial charge in [0.25, 0.3) is 0 Å². The summed E-state index contributed by atoms with van der Waals surface area (Å²) in [6.07, 6.45) is 3.89. The second-order valence-electron chi connectivity index (χ2n) is 8.03. The van der Waals surface area contributed by atoms with Crippen molar-refractivity contribution in [3.63, 3.8) is 0 Å². The highest BCUT2D eigenvalue weighted by Crippen LogP contribution is 2.43. The molecule has 29 heavy (non-hydrogen) atoms. The van der Waals surface area contributed by atoms with Gasteiger partial charge in [-0.1, -0.05) is 36.8 Å². The summed E-state index contributed by atoms with van der Waals surface area (Å²) in [7, 11) is 3.31. The first-order valence-electron chi connectivity index (χ1n) is 10.5. The van der Waals surface area contributed by atoms with Gasteiger partial charge in [0.05, 0.1) is 20.3 Å². The van der Waals surface area contributed by atoms with Gasteiger partial charge in [-0.3, -0.25) is 4.79 Å². The van der Waals surface area contributed by atoms with E-state index in [1.807, 2.05) is 24.3 Å². The summed E-state index contributed by atoms with van der Waals surface area (Å²) in [6.45, 7) is 1.29. The number of rotatable bonds is 5. The van der Waals surface area contributed by atoms with Gasteiger partial charge in [-0.2, -0.15) is 0 Å². The van der Waals surface area contributed by atoms with Crippen molar-refractivity contribution in [3.05, 3.63) is 59.2 Å². The molecule has 1 fully saturated rings. The van der Waals surface area contributed by atoms with Crippen molar-refractivity contribution >= 4 is 5.91 Å². The fraction of sp³-hybridized carbons (Fsp3) is 0.458. The van der Waals surface area contributed by atoms with Gasteiger partial charge >= 0.3 is 0 Å². The molecular formula is C24H30N2O3. The van der Waals surface area contributed by atoms with Gasteiger partial charge < -0.3 is 20.1 Å². The molecule has 0 radical (unpaired) electrons. The Morgan fingerprint density at radius 2 is 1.83 bits per heavy atom. The van der Waals surface area contributed by atoms with E-state index in [1.165, 1.54) is 5.56 Å². The van der Waals surface area contributed by atoms with E-state index in [-0.39, 0.29) is 17.9 Å². The minimum atomic E-state index is -0.119. The van der Waals surface area contributed by atoms with Gasteiger partial charge in [0.15, 0.2) is 11.5 Å². The molecule has 5 nitrogen and oxygen atoms in total. The number of ether oxygens (including phenoxy) is 2. The molecule has 3 atom stereocenters. The Balaban J connectivity index is 1.78. The largest absolute Gasteiger partial charge is 0.493 e. The van der Waals surface area contributed by atoms with Gasteiger partial charge in [0.1, 0.15) is 0 Å². The Kier molecular flexibility index (Phi) is 5.76. The van der Waals surface area contributed by atoms with Gasteiger partial charge in [-0.25, -0.2) is 0 Å². The molecule has 0 bridgehead atoms. The molecule has 1 aliphatic heterocycles. The van der Waals surface area contributed by atoms with Crippen LogP contribution in [0.15, 0.2) is 42.5 Å². The van der Waals surface area contributed by atoms with Crippen molar-refractivity contribution in [2.45, 2.75) is 31.7 Å². The van der Waals surface area contributed by atoms with E-state index in [1.54, 1.807) is 14.2 Å². The number of hydrogen-bond acceptors (Lipinski definition) is 4. The molecule has 2 aromatic rings. The van der Waals surface area contributed by atoms with E-state index in [4.69, 9.17) is 15.2 Å². The van der Waals surface area contributed by atoms with E-state index >= 15 is 0 Å². The first-order chi connectivity index (χ1) is 14.2. The van der Waals surface area contributed by atoms with Crippen molar-refractivity contribution in [2.24, 2.45) is 17.6 Å². The lowest BCUT2D eigenvalue weighted by molar-refractivity contribution is -0.138. The Hall–Kier alpha value is -2.53. The molecule has 1 heterocycles. The zero-order chi connectivity index (χ0) is 20.4. The third-order valence-electron chi connectivity index (χ3n) is 6.55. The van der Waals surface area contributed by atoms with Crippen LogP contribution in [0.3, 0.4) is 0 Å². The van der Waals surface area contributed by atoms with Gasteiger partial charge in [0.2, 0.25) is 5.91 Å². The maximum Gasteiger partial charge on any atom is 0.226 e.